The average Bonchev–Trinajstić information content (AvgIpc) is 2.20. The molecule has 14 heavy (non-hydrogen) atoms. The van der Waals surface area contributed by atoms with Crippen molar-refractivity contribution in [2.24, 2.45) is 0 Å². The van der Waals surface area contributed by atoms with E-state index in [1.54, 1.807) is 7.11 Å². The van der Waals surface area contributed by atoms with Crippen LogP contribution in [0.3, 0.4) is 0 Å². The van der Waals surface area contributed by atoms with Gasteiger partial charge in [0.15, 0.2) is 0 Å². The van der Waals surface area contributed by atoms with Crippen LogP contribution in [-0.2, 0) is 18.4 Å². The molecule has 0 heterocycles. The van der Waals surface area contributed by atoms with Crippen molar-refractivity contribution in [1.82, 2.24) is 0 Å². The van der Waals surface area contributed by atoms with E-state index < -0.39 is 0 Å². The van der Waals surface area contributed by atoms with Gasteiger partial charge in [0.25, 0.3) is 0 Å². The normalized spacial score (nSPS) is 8.07. The molecule has 0 bridgehead atoms. The molecular weight excluding hydrogens is 313 g/mol. The smallest absolute Gasteiger partial charge is 0.788 e. The van der Waals surface area contributed by atoms with Crippen LogP contribution in [0.1, 0.15) is 25.0 Å². The molecule has 0 atom stereocenters. The first-order valence-corrected chi connectivity index (χ1v) is 5.07. The van der Waals surface area contributed by atoms with Crippen LogP contribution in [0.25, 0.3) is 0 Å². The van der Waals surface area contributed by atoms with E-state index in [-0.39, 0.29) is 68.9 Å². The fraction of sp³-hybridized carbons (Fsp3) is 0.455. The first-order chi connectivity index (χ1) is 6.27. The standard InChI is InChI=1S/C9H12OS.C2H6.Cs/c1-7-3-4-9(10-2)8(5-7)6-11;1-2;/h3-5,11H,6H2,1-2H3;1-2H3;/q;;+1/p-1. The molecule has 0 saturated carbocycles. The molecule has 0 saturated heterocycles. The Morgan fingerprint density at radius 1 is 1.29 bits per heavy atom. The molecule has 0 unspecified atom stereocenters. The van der Waals surface area contributed by atoms with Crippen molar-refractivity contribution in [1.29, 1.82) is 0 Å². The largest absolute Gasteiger partial charge is 1.00 e. The van der Waals surface area contributed by atoms with Gasteiger partial charge in [0.05, 0.1) is 7.11 Å². The third kappa shape index (κ3) is 6.10. The number of rotatable bonds is 2. The summed E-state index contributed by atoms with van der Waals surface area (Å²) in [6.45, 7) is 6.05. The minimum atomic E-state index is 0. The summed E-state index contributed by atoms with van der Waals surface area (Å²) >= 11 is 4.95. The summed E-state index contributed by atoms with van der Waals surface area (Å²) in [5, 5.41) is 0. The van der Waals surface area contributed by atoms with E-state index in [9.17, 15) is 0 Å². The van der Waals surface area contributed by atoms with Gasteiger partial charge in [-0.3, -0.25) is 0 Å². The molecule has 1 rings (SSSR count). The Kier molecular flexibility index (Phi) is 13.9. The van der Waals surface area contributed by atoms with Crippen molar-refractivity contribution >= 4 is 12.6 Å². The van der Waals surface area contributed by atoms with Gasteiger partial charge in [0.2, 0.25) is 0 Å². The van der Waals surface area contributed by atoms with Crippen LogP contribution in [0.2, 0.25) is 0 Å². The zero-order chi connectivity index (χ0) is 10.3. The molecule has 0 amide bonds. The molecule has 0 aromatic heterocycles. The second-order valence-electron chi connectivity index (χ2n) is 2.46. The van der Waals surface area contributed by atoms with Crippen LogP contribution in [-0.4, -0.2) is 7.11 Å². The minimum Gasteiger partial charge on any atom is -0.788 e. The van der Waals surface area contributed by atoms with E-state index in [2.05, 4.69) is 6.07 Å². The average molecular weight is 330 g/mol. The molecule has 1 nitrogen and oxygen atoms in total. The predicted molar refractivity (Wildman–Crippen MR) is 60.1 cm³/mol. The monoisotopic (exact) mass is 330 g/mol. The van der Waals surface area contributed by atoms with Crippen molar-refractivity contribution in [2.75, 3.05) is 7.11 Å². The van der Waals surface area contributed by atoms with Gasteiger partial charge in [-0.25, -0.2) is 0 Å². The Hall–Kier alpha value is 1.42. The van der Waals surface area contributed by atoms with Gasteiger partial charge in [0, 0.05) is 0 Å². The van der Waals surface area contributed by atoms with Crippen molar-refractivity contribution < 1.29 is 73.6 Å². The molecule has 0 radical (unpaired) electrons. The first kappa shape index (κ1) is 17.8. The third-order valence-electron chi connectivity index (χ3n) is 1.59. The molecular formula is C11H17CsOS. The van der Waals surface area contributed by atoms with Gasteiger partial charge < -0.3 is 17.4 Å². The fourth-order valence-electron chi connectivity index (χ4n) is 1.02. The van der Waals surface area contributed by atoms with Gasteiger partial charge in [-0.2, -0.15) is 0 Å². The zero-order valence-electron chi connectivity index (χ0n) is 9.76. The van der Waals surface area contributed by atoms with Crippen LogP contribution in [0.5, 0.6) is 5.75 Å². The Morgan fingerprint density at radius 3 is 2.29 bits per heavy atom. The number of aryl methyl sites for hydroxylation is 1. The third-order valence-corrected chi connectivity index (χ3v) is 1.90. The van der Waals surface area contributed by atoms with Gasteiger partial charge in [-0.1, -0.05) is 31.5 Å². The molecule has 1 aromatic rings. The molecule has 0 aliphatic carbocycles. The molecule has 0 aliphatic rings. The number of hydrogen-bond donors (Lipinski definition) is 0. The van der Waals surface area contributed by atoms with Crippen LogP contribution in [0.4, 0.5) is 0 Å². The Bertz CT molecular complexity index is 251. The van der Waals surface area contributed by atoms with Gasteiger partial charge in [0.1, 0.15) is 5.75 Å². The van der Waals surface area contributed by atoms with Crippen LogP contribution < -0.4 is 73.6 Å². The van der Waals surface area contributed by atoms with E-state index in [1.165, 1.54) is 5.56 Å². The topological polar surface area (TPSA) is 9.23 Å². The summed E-state index contributed by atoms with van der Waals surface area (Å²) < 4.78 is 5.12. The Balaban J connectivity index is 0. The van der Waals surface area contributed by atoms with Crippen LogP contribution in [0.15, 0.2) is 18.2 Å². The van der Waals surface area contributed by atoms with Crippen LogP contribution in [0, 0.1) is 6.92 Å². The van der Waals surface area contributed by atoms with Crippen molar-refractivity contribution in [3.8, 4) is 5.75 Å². The van der Waals surface area contributed by atoms with E-state index >= 15 is 0 Å². The maximum Gasteiger partial charge on any atom is 1.00 e. The SMILES string of the molecule is CC.COc1ccc(C)cc1C[S-].[Cs+]. The van der Waals surface area contributed by atoms with Crippen molar-refractivity contribution in [3.05, 3.63) is 29.3 Å². The summed E-state index contributed by atoms with van der Waals surface area (Å²) in [6, 6.07) is 6.04. The van der Waals surface area contributed by atoms with Crippen LogP contribution >= 0.6 is 0 Å². The Labute approximate surface area is 152 Å². The molecule has 74 valence electrons. The van der Waals surface area contributed by atoms with E-state index in [4.69, 9.17) is 17.4 Å². The summed E-state index contributed by atoms with van der Waals surface area (Å²) in [7, 11) is 1.67. The molecule has 3 heteroatoms. The number of hydrogen-bond acceptors (Lipinski definition) is 2. The van der Waals surface area contributed by atoms with Crippen molar-refractivity contribution in [3.63, 3.8) is 0 Å². The number of ether oxygens (including phenoxy) is 1. The predicted octanol–water partition coefficient (Wildman–Crippen LogP) is 0.0807. The number of benzene rings is 1. The molecule has 0 N–H and O–H groups in total. The van der Waals surface area contributed by atoms with Gasteiger partial charge in [-0.05, 0) is 18.6 Å². The van der Waals surface area contributed by atoms with E-state index in [0.29, 0.717) is 5.75 Å². The first-order valence-electron chi connectivity index (χ1n) is 4.49. The second-order valence-corrected chi connectivity index (χ2v) is 2.75. The maximum absolute atomic E-state index is 5.12. The van der Waals surface area contributed by atoms with E-state index in [0.717, 1.165) is 11.3 Å². The fourth-order valence-corrected chi connectivity index (χ4v) is 1.25. The summed E-state index contributed by atoms with van der Waals surface area (Å²) in [6.07, 6.45) is 0. The maximum atomic E-state index is 5.12. The van der Waals surface area contributed by atoms with E-state index in [1.807, 2.05) is 32.9 Å². The van der Waals surface area contributed by atoms with Gasteiger partial charge in [-0.15, -0.1) is 5.75 Å². The molecule has 0 aliphatic heterocycles. The molecule has 1 aromatic carbocycles. The second kappa shape index (κ2) is 10.9. The quantitative estimate of drug-likeness (QED) is 0.711. The molecule has 0 fully saturated rings. The van der Waals surface area contributed by atoms with Crippen molar-refractivity contribution in [2.45, 2.75) is 26.5 Å². The summed E-state index contributed by atoms with van der Waals surface area (Å²) in [5.41, 5.74) is 2.33. The zero-order valence-corrected chi connectivity index (χ0v) is 16.9. The summed E-state index contributed by atoms with van der Waals surface area (Å²) in [5.74, 6) is 1.51. The minimum absolute atomic E-state index is 0. The number of methoxy groups -OCH3 is 1. The van der Waals surface area contributed by atoms with Gasteiger partial charge >= 0.3 is 68.9 Å². The Morgan fingerprint density at radius 2 is 1.86 bits per heavy atom. The molecule has 0 spiro atoms. The summed E-state index contributed by atoms with van der Waals surface area (Å²) in [4.78, 5) is 0.